The Morgan fingerprint density at radius 1 is 0.706 bits per heavy atom. The van der Waals surface area contributed by atoms with Crippen molar-refractivity contribution in [3.8, 4) is 5.82 Å². The molecule has 34 heavy (non-hydrogen) atoms. The molecule has 4 aromatic carbocycles. The first-order valence-corrected chi connectivity index (χ1v) is 11.4. The van der Waals surface area contributed by atoms with Gasteiger partial charge in [0.1, 0.15) is 5.52 Å². The third kappa shape index (κ3) is 3.59. The van der Waals surface area contributed by atoms with E-state index in [1.165, 1.54) is 11.1 Å². The fraction of sp³-hybridized carbons (Fsp3) is 0.107. The Kier molecular flexibility index (Phi) is 5.03. The number of fused-ring (bicyclic) bond motifs is 2. The van der Waals surface area contributed by atoms with Crippen LogP contribution in [0.15, 0.2) is 103 Å². The molecule has 6 heteroatoms. The van der Waals surface area contributed by atoms with E-state index in [9.17, 15) is 0 Å². The quantitative estimate of drug-likeness (QED) is 0.344. The van der Waals surface area contributed by atoms with E-state index in [0.717, 1.165) is 33.3 Å². The van der Waals surface area contributed by atoms with Gasteiger partial charge in [-0.3, -0.25) is 5.01 Å². The maximum absolute atomic E-state index is 5.12. The highest BCUT2D eigenvalue weighted by Gasteiger charge is 2.22. The summed E-state index contributed by atoms with van der Waals surface area (Å²) in [5.41, 5.74) is 6.32. The fourth-order valence-corrected chi connectivity index (χ4v) is 4.42. The maximum atomic E-state index is 5.12. The van der Waals surface area contributed by atoms with Crippen LogP contribution in [0.3, 0.4) is 0 Å². The first-order valence-electron chi connectivity index (χ1n) is 11.4. The lowest BCUT2D eigenvalue weighted by Gasteiger charge is -2.26. The summed E-state index contributed by atoms with van der Waals surface area (Å²) in [6.45, 7) is 3.49. The molecule has 0 aliphatic heterocycles. The molecule has 166 valence electrons. The van der Waals surface area contributed by atoms with Crippen molar-refractivity contribution in [3.63, 3.8) is 0 Å². The van der Waals surface area contributed by atoms with Gasteiger partial charge in [-0.1, -0.05) is 90.1 Å². The van der Waals surface area contributed by atoms with Gasteiger partial charge in [0, 0.05) is 5.39 Å². The predicted molar refractivity (Wildman–Crippen MR) is 135 cm³/mol. The lowest BCUT2D eigenvalue weighted by atomic mass is 10.1. The molecule has 6 rings (SSSR count). The van der Waals surface area contributed by atoms with Crippen molar-refractivity contribution in [2.24, 2.45) is 0 Å². The minimum absolute atomic E-state index is 0.697. The van der Waals surface area contributed by atoms with Crippen LogP contribution in [-0.4, -0.2) is 24.9 Å². The molecule has 0 aliphatic rings. The van der Waals surface area contributed by atoms with Crippen LogP contribution >= 0.6 is 0 Å². The standard InChI is InChI=1S/C28H24N6/c1-21-11-10-16-24-27(21)30-34(28(24)33-26-18-9-8-17-25(26)29-31-33)32(19-22-12-4-2-5-13-22)20-23-14-6-3-7-15-23/h2-18H,19-20H2,1H3. The van der Waals surface area contributed by atoms with Crippen LogP contribution in [0.4, 0.5) is 0 Å². The highest BCUT2D eigenvalue weighted by molar-refractivity contribution is 5.90. The molecule has 0 atom stereocenters. The van der Waals surface area contributed by atoms with Crippen LogP contribution in [0.2, 0.25) is 0 Å². The highest BCUT2D eigenvalue weighted by Crippen LogP contribution is 2.28. The van der Waals surface area contributed by atoms with Gasteiger partial charge in [-0.2, -0.15) is 9.47 Å². The van der Waals surface area contributed by atoms with E-state index >= 15 is 0 Å². The van der Waals surface area contributed by atoms with Gasteiger partial charge in [0.15, 0.2) is 5.82 Å². The topological polar surface area (TPSA) is 51.8 Å². The number of rotatable bonds is 6. The number of aryl methyl sites for hydroxylation is 1. The van der Waals surface area contributed by atoms with Gasteiger partial charge in [0.05, 0.1) is 24.1 Å². The van der Waals surface area contributed by atoms with Crippen LogP contribution < -0.4 is 5.01 Å². The molecule has 6 nitrogen and oxygen atoms in total. The molecule has 0 amide bonds. The van der Waals surface area contributed by atoms with E-state index in [0.29, 0.717) is 13.1 Å². The molecule has 0 fully saturated rings. The summed E-state index contributed by atoms with van der Waals surface area (Å²) in [4.78, 5) is 2.01. The average Bonchev–Trinajstić information content (AvgIpc) is 3.47. The van der Waals surface area contributed by atoms with Crippen molar-refractivity contribution in [1.29, 1.82) is 0 Å². The third-order valence-corrected chi connectivity index (χ3v) is 6.10. The fourth-order valence-electron chi connectivity index (χ4n) is 4.42. The van der Waals surface area contributed by atoms with E-state index in [1.807, 2.05) is 45.9 Å². The Balaban J connectivity index is 1.58. The number of benzene rings is 4. The molecule has 2 heterocycles. The number of para-hydroxylation sites is 1. The van der Waals surface area contributed by atoms with E-state index in [4.69, 9.17) is 5.10 Å². The van der Waals surface area contributed by atoms with Gasteiger partial charge < -0.3 is 0 Å². The van der Waals surface area contributed by atoms with Crippen molar-refractivity contribution >= 4 is 21.9 Å². The molecular formula is C28H24N6. The molecule has 0 unspecified atom stereocenters. The number of aromatic nitrogens is 5. The second-order valence-corrected chi connectivity index (χ2v) is 8.47. The third-order valence-electron chi connectivity index (χ3n) is 6.10. The second-order valence-electron chi connectivity index (χ2n) is 8.47. The lowest BCUT2D eigenvalue weighted by molar-refractivity contribution is 0.510. The van der Waals surface area contributed by atoms with E-state index in [-0.39, 0.29) is 0 Å². The second kappa shape index (κ2) is 8.48. The first kappa shape index (κ1) is 20.2. The summed E-state index contributed by atoms with van der Waals surface area (Å²) in [5.74, 6) is 0.888. The number of hydrogen-bond donors (Lipinski definition) is 0. The van der Waals surface area contributed by atoms with Crippen LogP contribution in [0, 0.1) is 6.92 Å². The normalized spacial score (nSPS) is 11.3. The van der Waals surface area contributed by atoms with Crippen molar-refractivity contribution < 1.29 is 0 Å². The molecule has 0 bridgehead atoms. The largest absolute Gasteiger partial charge is 0.286 e. The first-order chi connectivity index (χ1) is 16.8. The van der Waals surface area contributed by atoms with Gasteiger partial charge >= 0.3 is 0 Å². The molecule has 0 saturated heterocycles. The molecular weight excluding hydrogens is 420 g/mol. The molecule has 0 spiro atoms. The van der Waals surface area contributed by atoms with Gasteiger partial charge in [-0.15, -0.1) is 10.2 Å². The van der Waals surface area contributed by atoms with Crippen LogP contribution in [0.25, 0.3) is 27.8 Å². The SMILES string of the molecule is Cc1cccc2c(-n3nnc4ccccc43)n(N(Cc3ccccc3)Cc3ccccc3)nc12. The van der Waals surface area contributed by atoms with Crippen LogP contribution in [-0.2, 0) is 13.1 Å². The summed E-state index contributed by atoms with van der Waals surface area (Å²) in [6.07, 6.45) is 0. The Labute approximate surface area is 197 Å². The van der Waals surface area contributed by atoms with Crippen LogP contribution in [0.5, 0.6) is 0 Å². The van der Waals surface area contributed by atoms with Gasteiger partial charge in [0.25, 0.3) is 0 Å². The van der Waals surface area contributed by atoms with E-state index in [1.54, 1.807) is 0 Å². The predicted octanol–water partition coefficient (Wildman–Crippen LogP) is 5.42. The monoisotopic (exact) mass is 444 g/mol. The summed E-state index contributed by atoms with van der Waals surface area (Å²) < 4.78 is 1.91. The van der Waals surface area contributed by atoms with Crippen molar-refractivity contribution in [2.45, 2.75) is 20.0 Å². The zero-order valence-corrected chi connectivity index (χ0v) is 18.9. The Morgan fingerprint density at radius 2 is 1.35 bits per heavy atom. The Bertz CT molecular complexity index is 1530. The summed E-state index contributed by atoms with van der Waals surface area (Å²) >= 11 is 0. The van der Waals surface area contributed by atoms with Crippen LogP contribution in [0.1, 0.15) is 16.7 Å². The van der Waals surface area contributed by atoms with Crippen molar-refractivity contribution in [1.82, 2.24) is 24.9 Å². The minimum Gasteiger partial charge on any atom is -0.286 e. The van der Waals surface area contributed by atoms with E-state index in [2.05, 4.69) is 89.0 Å². The molecule has 0 radical (unpaired) electrons. The zero-order chi connectivity index (χ0) is 22.9. The Hall–Kier alpha value is -4.45. The van der Waals surface area contributed by atoms with Crippen molar-refractivity contribution in [2.75, 3.05) is 5.01 Å². The summed E-state index contributed by atoms with van der Waals surface area (Å²) in [5, 5.41) is 17.4. The molecule has 2 aromatic heterocycles. The molecule has 6 aromatic rings. The zero-order valence-electron chi connectivity index (χ0n) is 18.9. The lowest BCUT2D eigenvalue weighted by Crippen LogP contribution is -2.36. The molecule has 0 aliphatic carbocycles. The summed E-state index contributed by atoms with van der Waals surface area (Å²) in [7, 11) is 0. The minimum atomic E-state index is 0.697. The number of hydrogen-bond acceptors (Lipinski definition) is 4. The number of nitrogens with zero attached hydrogens (tertiary/aromatic N) is 6. The highest BCUT2D eigenvalue weighted by atomic mass is 15.7. The smallest absolute Gasteiger partial charge is 0.185 e. The van der Waals surface area contributed by atoms with Gasteiger partial charge in [-0.25, -0.2) is 0 Å². The van der Waals surface area contributed by atoms with Gasteiger partial charge in [0.2, 0.25) is 0 Å². The van der Waals surface area contributed by atoms with E-state index < -0.39 is 0 Å². The maximum Gasteiger partial charge on any atom is 0.185 e. The average molecular weight is 445 g/mol. The van der Waals surface area contributed by atoms with Crippen molar-refractivity contribution in [3.05, 3.63) is 120 Å². The molecule has 0 N–H and O–H groups in total. The molecule has 0 saturated carbocycles. The Morgan fingerprint density at radius 3 is 2.06 bits per heavy atom. The van der Waals surface area contributed by atoms with Gasteiger partial charge in [-0.05, 0) is 41.8 Å². The summed E-state index contributed by atoms with van der Waals surface area (Å²) in [6, 6.07) is 35.3.